The van der Waals surface area contributed by atoms with E-state index in [1.165, 1.54) is 37.4 Å². The molecule has 1 aliphatic rings. The molecule has 0 bridgehead atoms. The summed E-state index contributed by atoms with van der Waals surface area (Å²) in [7, 11) is 1.51. The molecular formula is C60H85N15O14. The van der Waals surface area contributed by atoms with Gasteiger partial charge in [-0.05, 0) is 91.8 Å². The second kappa shape index (κ2) is 36.4. The lowest BCUT2D eigenvalue weighted by atomic mass is 9.94. The number of fused-ring (bicyclic) bond motifs is 1. The molecule has 29 nitrogen and oxygen atoms in total. The van der Waals surface area contributed by atoms with Crippen molar-refractivity contribution in [3.8, 4) is 5.75 Å². The minimum atomic E-state index is -1.84. The summed E-state index contributed by atoms with van der Waals surface area (Å²) in [5.41, 5.74) is 20.8. The molecule has 11 amide bonds. The second-order valence-corrected chi connectivity index (χ2v) is 21.9. The first-order chi connectivity index (χ1) is 42.2. The summed E-state index contributed by atoms with van der Waals surface area (Å²) in [5, 5.41) is 55.7. The van der Waals surface area contributed by atoms with E-state index in [-0.39, 0.29) is 49.9 Å². The van der Waals surface area contributed by atoms with Gasteiger partial charge in [0.1, 0.15) is 48.0 Å². The lowest BCUT2D eigenvalue weighted by Gasteiger charge is -2.28. The van der Waals surface area contributed by atoms with E-state index in [1.807, 2.05) is 26.0 Å². The number of aliphatic imine (C=N–C) groups is 1. The molecule has 0 radical (unpaired) electrons. The van der Waals surface area contributed by atoms with Crippen LogP contribution in [0.15, 0.2) is 84.0 Å². The van der Waals surface area contributed by atoms with Crippen LogP contribution in [0.25, 0.3) is 6.08 Å². The van der Waals surface area contributed by atoms with Crippen LogP contribution in [-0.2, 0) is 73.6 Å². The van der Waals surface area contributed by atoms with Crippen LogP contribution in [0.1, 0.15) is 94.2 Å². The van der Waals surface area contributed by atoms with Crippen LogP contribution >= 0.6 is 0 Å². The summed E-state index contributed by atoms with van der Waals surface area (Å²) >= 11 is 0. The Kier molecular flexibility index (Phi) is 29.3. The van der Waals surface area contributed by atoms with Crippen LogP contribution in [0.4, 0.5) is 4.79 Å². The zero-order valence-corrected chi connectivity index (χ0v) is 50.6. The molecule has 3 aromatic rings. The summed E-state index contributed by atoms with van der Waals surface area (Å²) in [6.45, 7) is 5.47. The van der Waals surface area contributed by atoms with Gasteiger partial charge < -0.3 is 90.7 Å². The number of primary amides is 2. The number of amides is 11. The Morgan fingerprint density at radius 1 is 0.663 bits per heavy atom. The smallest absolute Gasteiger partial charge is 0.312 e. The molecule has 89 heavy (non-hydrogen) atoms. The number of allylic oxidation sites excluding steroid dienone is 1. The molecule has 29 heteroatoms. The van der Waals surface area contributed by atoms with Crippen LogP contribution < -0.4 is 70.4 Å². The zero-order chi connectivity index (χ0) is 65.7. The molecular weight excluding hydrogens is 1150 g/mol. The number of nitrogens with zero attached hydrogens (tertiary/aromatic N) is 1. The first-order valence-electron chi connectivity index (χ1n) is 29.1. The number of aromatic amines is 1. The Morgan fingerprint density at radius 3 is 1.85 bits per heavy atom. The molecule has 1 heterocycles. The van der Waals surface area contributed by atoms with Gasteiger partial charge in [-0.1, -0.05) is 74.5 Å². The average Bonchev–Trinajstić information content (AvgIpc) is 2.15. The van der Waals surface area contributed by atoms with Crippen LogP contribution in [0.5, 0.6) is 5.75 Å². The highest BCUT2D eigenvalue weighted by Gasteiger charge is 2.35. The molecule has 2 aromatic carbocycles. The van der Waals surface area contributed by atoms with E-state index in [2.05, 4.69) is 63.1 Å². The number of phenolic OH excluding ortho intramolecular Hbond substituents is 1. The number of urea groups is 1. The number of aliphatic hydroxyl groups is 1. The van der Waals surface area contributed by atoms with Gasteiger partial charge in [-0.2, -0.15) is 0 Å². The number of carbonyl (C=O) groups is 11. The largest absolute Gasteiger partial charge is 0.508 e. The van der Waals surface area contributed by atoms with Gasteiger partial charge in [0.05, 0.1) is 12.0 Å². The standard InChI is InChI=1S/C60H85N15O14/c1-33(2)27-38(52(82)70-43(18-12-26-66-59(62)64-5)54(84)72-45(51(61)81)30-39-31-67-42-17-10-9-16-41(39)42)15-11-25-65-53(83)46(28-36-13-7-6-8-14-36)73-58(88)50(34(3)76)75-57(87)48(32-68-60(63)89)74-55(85)44(23-24-49(79)80)71-56(86)47(69-35(4)77)29-37-19-21-40(78)22-20-37/h6-8,10-11,13-15,17,19-22,31,33-34,38,43-48,50,67,76,78H,9,12,16,18,23-30,32H2,1-5H3,(H2,61,81)(H,65,83)(H,69,77)(H,70,82)(H,71,86)(H,72,84)(H,73,88)(H,74,85)(H,75,87)(H,79,80)(H3,62,64,66)(H3,63,68,89)/b15-11+/t34-,38+,43+,44+,45+,46+,47-,48+,50+/m1/s1. The number of carboxylic acids is 1. The Hall–Kier alpha value is -9.80. The number of phenols is 1. The first kappa shape index (κ1) is 71.7. The number of hydrogen-bond acceptors (Lipinski definition) is 14. The molecule has 0 aliphatic heterocycles. The van der Waals surface area contributed by atoms with Crippen molar-refractivity contribution in [2.75, 3.05) is 26.7 Å². The number of aliphatic hydroxyl groups excluding tert-OH is 1. The highest BCUT2D eigenvalue weighted by molar-refractivity contribution is 5.97. The van der Waals surface area contributed by atoms with Crippen molar-refractivity contribution in [2.45, 2.75) is 140 Å². The Labute approximate surface area is 515 Å². The molecule has 9 atom stereocenters. The lowest BCUT2D eigenvalue weighted by molar-refractivity contribution is -0.138. The van der Waals surface area contributed by atoms with Crippen molar-refractivity contribution in [3.05, 3.63) is 107 Å². The van der Waals surface area contributed by atoms with Crippen molar-refractivity contribution in [2.24, 2.45) is 34.0 Å². The van der Waals surface area contributed by atoms with Crippen LogP contribution in [0, 0.1) is 11.8 Å². The van der Waals surface area contributed by atoms with Crippen LogP contribution in [0.2, 0.25) is 0 Å². The molecule has 0 saturated carbocycles. The topological polar surface area (TPSA) is 475 Å². The number of H-pyrrole nitrogens is 1. The Balaban J connectivity index is 1.51. The third-order valence-electron chi connectivity index (χ3n) is 14.2. The second-order valence-electron chi connectivity index (χ2n) is 21.9. The van der Waals surface area contributed by atoms with E-state index in [0.717, 1.165) is 43.5 Å². The predicted molar refractivity (Wildman–Crippen MR) is 328 cm³/mol. The van der Waals surface area contributed by atoms with Gasteiger partial charge in [-0.25, -0.2) is 4.79 Å². The number of carbonyl (C=O) groups excluding carboxylic acids is 10. The van der Waals surface area contributed by atoms with E-state index in [4.69, 9.17) is 17.2 Å². The number of hydrogen-bond donors (Lipinski definition) is 17. The van der Waals surface area contributed by atoms with E-state index in [1.54, 1.807) is 42.6 Å². The number of aliphatic carboxylic acids is 1. The number of nitrogens with one attached hydrogen (secondary N) is 11. The minimum Gasteiger partial charge on any atom is -0.508 e. The van der Waals surface area contributed by atoms with E-state index in [9.17, 15) is 68.1 Å². The number of rotatable bonds is 36. The summed E-state index contributed by atoms with van der Waals surface area (Å²) in [6.07, 6.45) is 8.18. The van der Waals surface area contributed by atoms with Crippen molar-refractivity contribution in [3.63, 3.8) is 0 Å². The number of carboxylic acid groups (broad SMARTS) is 1. The molecule has 1 aliphatic carbocycles. The van der Waals surface area contributed by atoms with E-state index < -0.39 is 139 Å². The molecule has 1 aromatic heterocycles. The summed E-state index contributed by atoms with van der Waals surface area (Å²) in [4.78, 5) is 154. The number of benzene rings is 2. The molecule has 0 saturated heterocycles. The highest BCUT2D eigenvalue weighted by Crippen LogP contribution is 2.24. The van der Waals surface area contributed by atoms with E-state index >= 15 is 0 Å². The van der Waals surface area contributed by atoms with Crippen molar-refractivity contribution >= 4 is 77.2 Å². The maximum atomic E-state index is 14.2. The SMILES string of the molecule is CN=C(N)NCCC[C@H](NC(=O)[C@@H](/C=C/CNC(=O)[C@H](Cc1ccccc1)NC(=O)[C@@H](NC(=O)[C@H](CNC(N)=O)NC(=O)[C@H](CCC(=O)O)NC(=O)[C@@H](Cc1ccc(O)cc1)NC(C)=O)[C@@H](C)O)CC(C)C)C(=O)N[C@@H](Cc1c[nH]c2c1CCC=C2)C(N)=O. The Morgan fingerprint density at radius 2 is 1.25 bits per heavy atom. The van der Waals surface area contributed by atoms with Gasteiger partial charge in [0, 0.05) is 71.2 Å². The molecule has 0 fully saturated rings. The Bertz CT molecular complexity index is 3020. The summed E-state index contributed by atoms with van der Waals surface area (Å²) in [6, 6.07) is 2.79. The predicted octanol–water partition coefficient (Wildman–Crippen LogP) is -1.83. The van der Waals surface area contributed by atoms with Gasteiger partial charge in [0.25, 0.3) is 0 Å². The fraction of sp³-hybridized carbons (Fsp3) is 0.467. The number of nitrogens with two attached hydrogens (primary N) is 3. The van der Waals surface area contributed by atoms with Crippen molar-refractivity contribution < 1.29 is 68.1 Å². The molecule has 484 valence electrons. The summed E-state index contributed by atoms with van der Waals surface area (Å²) < 4.78 is 0. The van der Waals surface area contributed by atoms with Gasteiger partial charge in [-0.3, -0.25) is 52.9 Å². The molecule has 4 rings (SSSR count). The summed E-state index contributed by atoms with van der Waals surface area (Å²) in [5.74, 6) is -9.78. The third-order valence-corrected chi connectivity index (χ3v) is 14.2. The normalized spacial score (nSPS) is 15.0. The van der Waals surface area contributed by atoms with Gasteiger partial charge in [0.15, 0.2) is 5.96 Å². The van der Waals surface area contributed by atoms with Crippen molar-refractivity contribution in [1.29, 1.82) is 0 Å². The number of aromatic hydroxyl groups is 1. The fourth-order valence-electron chi connectivity index (χ4n) is 9.52. The van der Waals surface area contributed by atoms with Gasteiger partial charge in [-0.15, -0.1) is 0 Å². The first-order valence-corrected chi connectivity index (χ1v) is 29.1. The van der Waals surface area contributed by atoms with Crippen molar-refractivity contribution in [1.82, 2.24) is 58.2 Å². The molecule has 20 N–H and O–H groups in total. The highest BCUT2D eigenvalue weighted by atomic mass is 16.4. The molecule has 0 unspecified atom stereocenters. The lowest BCUT2D eigenvalue weighted by Crippen LogP contribution is -2.63. The maximum absolute atomic E-state index is 14.2. The fourth-order valence-corrected chi connectivity index (χ4v) is 9.52. The number of aromatic nitrogens is 1. The van der Waals surface area contributed by atoms with Crippen LogP contribution in [-0.4, -0.2) is 167 Å². The molecule has 0 spiro atoms. The quantitative estimate of drug-likeness (QED) is 0.0132. The van der Waals surface area contributed by atoms with E-state index in [0.29, 0.717) is 30.5 Å². The maximum Gasteiger partial charge on any atom is 0.312 e. The average molecular weight is 1240 g/mol. The third kappa shape index (κ3) is 25.2. The minimum absolute atomic E-state index is 0.0365. The van der Waals surface area contributed by atoms with Gasteiger partial charge >= 0.3 is 12.0 Å². The monoisotopic (exact) mass is 1240 g/mol. The van der Waals surface area contributed by atoms with Gasteiger partial charge in [0.2, 0.25) is 53.2 Å². The zero-order valence-electron chi connectivity index (χ0n) is 50.6. The number of guanidine groups is 1. The van der Waals surface area contributed by atoms with Crippen LogP contribution in [0.3, 0.4) is 0 Å².